The van der Waals surface area contributed by atoms with E-state index in [0.29, 0.717) is 23.9 Å². The molecule has 3 unspecified atom stereocenters. The van der Waals surface area contributed by atoms with Gasteiger partial charge in [0.15, 0.2) is 11.5 Å². The maximum atomic E-state index is 12.7. The van der Waals surface area contributed by atoms with Crippen LogP contribution in [-0.2, 0) is 9.59 Å². The first-order valence-corrected chi connectivity index (χ1v) is 10.0. The Balaban J connectivity index is 1.25. The molecule has 1 aromatic heterocycles. The Hall–Kier alpha value is -3.88. The van der Waals surface area contributed by atoms with Crippen LogP contribution in [0, 0.1) is 0 Å². The second kappa shape index (κ2) is 7.75. The Morgan fingerprint density at radius 1 is 1.03 bits per heavy atom. The number of aromatic nitrogens is 2. The number of hydrogen-bond donors (Lipinski definition) is 1. The molecule has 3 atom stereocenters. The van der Waals surface area contributed by atoms with Gasteiger partial charge in [0.2, 0.25) is 17.9 Å². The summed E-state index contributed by atoms with van der Waals surface area (Å²) < 4.78 is 17.2. The molecule has 0 radical (unpaired) electrons. The summed E-state index contributed by atoms with van der Waals surface area (Å²) in [5.74, 6) is 0.684. The molecule has 1 fully saturated rings. The standard InChI is InChI=1S/C22H20N4O5/c1-13-19(30-17-10-6-5-9-16(17)29-13)20(28)23-22-25-24-21(31-22)14-11-18(27)26(12-14)15-7-3-2-4-8-15/h2-10,13-14,19H,11-12H2,1H3,(H,23,25,28). The summed E-state index contributed by atoms with van der Waals surface area (Å²) in [5.41, 5.74) is 0.826. The van der Waals surface area contributed by atoms with Crippen molar-refractivity contribution < 1.29 is 23.5 Å². The second-order valence-electron chi connectivity index (χ2n) is 7.48. The van der Waals surface area contributed by atoms with Crippen LogP contribution in [0.15, 0.2) is 59.0 Å². The fourth-order valence-corrected chi connectivity index (χ4v) is 3.76. The van der Waals surface area contributed by atoms with Gasteiger partial charge in [-0.3, -0.25) is 14.9 Å². The molecule has 31 heavy (non-hydrogen) atoms. The van der Waals surface area contributed by atoms with Crippen molar-refractivity contribution >= 4 is 23.5 Å². The first-order valence-electron chi connectivity index (χ1n) is 10.0. The van der Waals surface area contributed by atoms with Crippen LogP contribution < -0.4 is 19.7 Å². The highest BCUT2D eigenvalue weighted by Gasteiger charge is 2.37. The third kappa shape index (κ3) is 3.70. The number of hydrogen-bond acceptors (Lipinski definition) is 7. The predicted molar refractivity (Wildman–Crippen MR) is 110 cm³/mol. The Morgan fingerprint density at radius 3 is 2.52 bits per heavy atom. The van der Waals surface area contributed by atoms with Crippen molar-refractivity contribution in [1.82, 2.24) is 10.2 Å². The van der Waals surface area contributed by atoms with Crippen molar-refractivity contribution in [2.24, 2.45) is 0 Å². The number of anilines is 2. The van der Waals surface area contributed by atoms with E-state index in [0.717, 1.165) is 5.69 Å². The van der Waals surface area contributed by atoms with Crippen LogP contribution in [0.2, 0.25) is 0 Å². The van der Waals surface area contributed by atoms with E-state index in [1.54, 1.807) is 30.0 Å². The number of ether oxygens (including phenoxy) is 2. The molecule has 3 heterocycles. The average Bonchev–Trinajstić information content (AvgIpc) is 3.40. The van der Waals surface area contributed by atoms with Crippen molar-refractivity contribution in [3.63, 3.8) is 0 Å². The third-order valence-corrected chi connectivity index (χ3v) is 5.31. The largest absolute Gasteiger partial charge is 0.482 e. The Morgan fingerprint density at radius 2 is 1.74 bits per heavy atom. The van der Waals surface area contributed by atoms with Crippen LogP contribution in [0.5, 0.6) is 11.5 Å². The number of carbonyl (C=O) groups excluding carboxylic acids is 2. The van der Waals surface area contributed by atoms with Crippen molar-refractivity contribution in [2.45, 2.75) is 31.5 Å². The second-order valence-corrected chi connectivity index (χ2v) is 7.48. The molecule has 0 spiro atoms. The Kier molecular flexibility index (Phi) is 4.78. The van der Waals surface area contributed by atoms with Gasteiger partial charge in [0.25, 0.3) is 5.91 Å². The minimum Gasteiger partial charge on any atom is -0.482 e. The van der Waals surface area contributed by atoms with Crippen molar-refractivity contribution in [1.29, 1.82) is 0 Å². The molecule has 2 aromatic carbocycles. The third-order valence-electron chi connectivity index (χ3n) is 5.31. The molecule has 158 valence electrons. The fourth-order valence-electron chi connectivity index (χ4n) is 3.76. The molecular formula is C22H20N4O5. The van der Waals surface area contributed by atoms with Crippen molar-refractivity contribution in [2.75, 3.05) is 16.8 Å². The molecular weight excluding hydrogens is 400 g/mol. The summed E-state index contributed by atoms with van der Waals surface area (Å²) in [7, 11) is 0. The first kappa shape index (κ1) is 19.1. The maximum Gasteiger partial charge on any atom is 0.322 e. The van der Waals surface area contributed by atoms with Crippen LogP contribution in [0.1, 0.15) is 25.2 Å². The smallest absolute Gasteiger partial charge is 0.322 e. The average molecular weight is 420 g/mol. The van der Waals surface area contributed by atoms with Gasteiger partial charge in [-0.15, -0.1) is 5.10 Å². The van der Waals surface area contributed by atoms with Crippen LogP contribution in [0.4, 0.5) is 11.7 Å². The topological polar surface area (TPSA) is 107 Å². The van der Waals surface area contributed by atoms with Crippen LogP contribution >= 0.6 is 0 Å². The molecule has 9 nitrogen and oxygen atoms in total. The van der Waals surface area contributed by atoms with Gasteiger partial charge in [-0.05, 0) is 31.2 Å². The Labute approximate surface area is 178 Å². The van der Waals surface area contributed by atoms with E-state index < -0.39 is 18.1 Å². The van der Waals surface area contributed by atoms with Gasteiger partial charge in [-0.25, -0.2) is 0 Å². The number of benzene rings is 2. The quantitative estimate of drug-likeness (QED) is 0.692. The fraction of sp³-hybridized carbons (Fsp3) is 0.273. The van der Waals surface area contributed by atoms with Gasteiger partial charge in [-0.1, -0.05) is 35.4 Å². The highest BCUT2D eigenvalue weighted by Crippen LogP contribution is 2.34. The number of nitrogens with one attached hydrogen (secondary N) is 1. The molecule has 9 heteroatoms. The summed E-state index contributed by atoms with van der Waals surface area (Å²) >= 11 is 0. The van der Waals surface area contributed by atoms with Gasteiger partial charge >= 0.3 is 6.01 Å². The number of nitrogens with zero attached hydrogens (tertiary/aromatic N) is 3. The van der Waals surface area contributed by atoms with Gasteiger partial charge in [0.05, 0.1) is 5.92 Å². The van der Waals surface area contributed by atoms with E-state index in [4.69, 9.17) is 13.9 Å². The van der Waals surface area contributed by atoms with E-state index >= 15 is 0 Å². The van der Waals surface area contributed by atoms with E-state index in [-0.39, 0.29) is 24.3 Å². The lowest BCUT2D eigenvalue weighted by Crippen LogP contribution is -2.46. The van der Waals surface area contributed by atoms with Crippen LogP contribution in [0.25, 0.3) is 0 Å². The summed E-state index contributed by atoms with van der Waals surface area (Å²) in [6.45, 7) is 2.19. The zero-order chi connectivity index (χ0) is 21.4. The van der Waals surface area contributed by atoms with Gasteiger partial charge in [-0.2, -0.15) is 0 Å². The molecule has 0 aliphatic carbocycles. The van der Waals surface area contributed by atoms with Gasteiger partial charge < -0.3 is 18.8 Å². The highest BCUT2D eigenvalue weighted by atomic mass is 16.6. The SMILES string of the molecule is CC1Oc2ccccc2OC1C(=O)Nc1nnc(C2CC(=O)N(c3ccccc3)C2)o1. The first-order chi connectivity index (χ1) is 15.1. The summed E-state index contributed by atoms with van der Waals surface area (Å²) in [6.07, 6.45) is -1.10. The highest BCUT2D eigenvalue weighted by molar-refractivity contribution is 5.96. The number of rotatable bonds is 4. The molecule has 1 saturated heterocycles. The Bertz CT molecular complexity index is 1120. The van der Waals surface area contributed by atoms with Crippen molar-refractivity contribution in [3.8, 4) is 11.5 Å². The number of para-hydroxylation sites is 3. The lowest BCUT2D eigenvalue weighted by Gasteiger charge is -2.30. The van der Waals surface area contributed by atoms with Crippen LogP contribution in [0.3, 0.4) is 0 Å². The van der Waals surface area contributed by atoms with Crippen LogP contribution in [-0.4, -0.2) is 40.8 Å². The lowest BCUT2D eigenvalue weighted by atomic mass is 10.1. The predicted octanol–water partition coefficient (Wildman–Crippen LogP) is 2.76. The van der Waals surface area contributed by atoms with E-state index in [9.17, 15) is 9.59 Å². The lowest BCUT2D eigenvalue weighted by molar-refractivity contribution is -0.128. The molecule has 0 bridgehead atoms. The normalized spacial score (nSPS) is 22.4. The molecule has 2 amide bonds. The summed E-state index contributed by atoms with van der Waals surface area (Å²) in [4.78, 5) is 26.8. The minimum atomic E-state index is -0.869. The van der Waals surface area contributed by atoms with E-state index in [1.807, 2.05) is 36.4 Å². The number of carbonyl (C=O) groups is 2. The van der Waals surface area contributed by atoms with E-state index in [1.165, 1.54) is 0 Å². The minimum absolute atomic E-state index is 0.0137. The number of amides is 2. The van der Waals surface area contributed by atoms with Gasteiger partial charge in [0, 0.05) is 18.7 Å². The van der Waals surface area contributed by atoms with Crippen molar-refractivity contribution in [3.05, 3.63) is 60.5 Å². The number of fused-ring (bicyclic) bond motifs is 1. The molecule has 2 aliphatic rings. The molecule has 5 rings (SSSR count). The zero-order valence-corrected chi connectivity index (χ0v) is 16.7. The molecule has 3 aromatic rings. The summed E-state index contributed by atoms with van der Waals surface area (Å²) in [6, 6.07) is 16.5. The zero-order valence-electron chi connectivity index (χ0n) is 16.7. The monoisotopic (exact) mass is 420 g/mol. The van der Waals surface area contributed by atoms with E-state index in [2.05, 4.69) is 15.5 Å². The molecule has 2 aliphatic heterocycles. The summed E-state index contributed by atoms with van der Waals surface area (Å²) in [5, 5.41) is 10.5. The maximum absolute atomic E-state index is 12.7. The molecule has 1 N–H and O–H groups in total. The molecule has 0 saturated carbocycles. The van der Waals surface area contributed by atoms with Gasteiger partial charge in [0.1, 0.15) is 6.10 Å².